The number of benzene rings is 1. The van der Waals surface area contributed by atoms with Crippen molar-refractivity contribution in [3.63, 3.8) is 0 Å². The van der Waals surface area contributed by atoms with Gasteiger partial charge in [0.1, 0.15) is 11.6 Å². The van der Waals surface area contributed by atoms with Crippen molar-refractivity contribution in [1.82, 2.24) is 0 Å². The quantitative estimate of drug-likeness (QED) is 0.695. The largest absolute Gasteiger partial charge is 0.396 e. The van der Waals surface area contributed by atoms with Crippen LogP contribution in [0.2, 0.25) is 0 Å². The first-order valence-electron chi connectivity index (χ1n) is 4.55. The Hall–Kier alpha value is -1.04. The van der Waals surface area contributed by atoms with Gasteiger partial charge in [-0.1, -0.05) is 0 Å². The highest BCUT2D eigenvalue weighted by Crippen LogP contribution is 2.21. The highest BCUT2D eigenvalue weighted by atomic mass is 19.1. The molecule has 2 atom stereocenters. The van der Waals surface area contributed by atoms with Gasteiger partial charge >= 0.3 is 0 Å². The second kappa shape index (κ2) is 5.16. The van der Waals surface area contributed by atoms with Crippen molar-refractivity contribution in [3.8, 4) is 0 Å². The number of aliphatic hydroxyl groups is 2. The molecule has 1 aromatic carbocycles. The maximum atomic E-state index is 13.2. The molecular weight excluding hydrogens is 204 g/mol. The predicted molar refractivity (Wildman–Crippen MR) is 51.0 cm³/mol. The molecule has 84 valence electrons. The van der Waals surface area contributed by atoms with E-state index in [9.17, 15) is 13.9 Å². The number of hydrogen-bond acceptors (Lipinski definition) is 3. The molecule has 0 fully saturated rings. The fourth-order valence-electron chi connectivity index (χ4n) is 1.28. The Morgan fingerprint density at radius 2 is 2.00 bits per heavy atom. The van der Waals surface area contributed by atoms with Crippen molar-refractivity contribution in [1.29, 1.82) is 0 Å². The standard InChI is InChI=1S/C10H13F2NO2/c11-6-1-2-8(12)7(5-6)10(15)9(13)3-4-14/h1-2,5,9-10,14-15H,3-4,13H2. The molecule has 0 saturated carbocycles. The fourth-order valence-corrected chi connectivity index (χ4v) is 1.28. The highest BCUT2D eigenvalue weighted by Gasteiger charge is 2.20. The summed E-state index contributed by atoms with van der Waals surface area (Å²) in [5.74, 6) is -1.35. The number of halogens is 2. The van der Waals surface area contributed by atoms with Gasteiger partial charge < -0.3 is 15.9 Å². The number of nitrogens with two attached hydrogens (primary N) is 1. The lowest BCUT2D eigenvalue weighted by Gasteiger charge is -2.18. The van der Waals surface area contributed by atoms with Crippen LogP contribution in [0, 0.1) is 11.6 Å². The Balaban J connectivity index is 2.89. The van der Waals surface area contributed by atoms with Gasteiger partial charge in [-0.2, -0.15) is 0 Å². The lowest BCUT2D eigenvalue weighted by Crippen LogP contribution is -2.30. The normalized spacial score (nSPS) is 15.0. The Morgan fingerprint density at radius 1 is 1.33 bits per heavy atom. The van der Waals surface area contributed by atoms with Gasteiger partial charge in [-0.05, 0) is 24.6 Å². The second-order valence-electron chi connectivity index (χ2n) is 3.29. The first-order chi connectivity index (χ1) is 7.06. The number of aliphatic hydroxyl groups excluding tert-OH is 2. The van der Waals surface area contributed by atoms with Gasteiger partial charge in [-0.25, -0.2) is 8.78 Å². The van der Waals surface area contributed by atoms with E-state index in [0.717, 1.165) is 18.2 Å². The van der Waals surface area contributed by atoms with Gasteiger partial charge in [0.15, 0.2) is 0 Å². The molecule has 4 N–H and O–H groups in total. The van der Waals surface area contributed by atoms with E-state index >= 15 is 0 Å². The Bertz CT molecular complexity index is 333. The minimum atomic E-state index is -1.31. The van der Waals surface area contributed by atoms with E-state index in [-0.39, 0.29) is 18.6 Å². The maximum absolute atomic E-state index is 13.2. The summed E-state index contributed by atoms with van der Waals surface area (Å²) < 4.78 is 26.0. The minimum Gasteiger partial charge on any atom is -0.396 e. The van der Waals surface area contributed by atoms with Crippen LogP contribution in [0.4, 0.5) is 8.78 Å². The van der Waals surface area contributed by atoms with Crippen molar-refractivity contribution in [2.24, 2.45) is 5.73 Å². The number of hydrogen-bond donors (Lipinski definition) is 3. The molecule has 1 aromatic rings. The molecule has 0 bridgehead atoms. The summed E-state index contributed by atoms with van der Waals surface area (Å²) in [5, 5.41) is 18.2. The van der Waals surface area contributed by atoms with Crippen molar-refractivity contribution in [2.75, 3.05) is 6.61 Å². The molecule has 15 heavy (non-hydrogen) atoms. The summed E-state index contributed by atoms with van der Waals surface area (Å²) in [6.45, 7) is -0.213. The van der Waals surface area contributed by atoms with E-state index in [1.165, 1.54) is 0 Å². The zero-order valence-corrected chi connectivity index (χ0v) is 8.03. The summed E-state index contributed by atoms with van der Waals surface area (Å²) in [6, 6.07) is 1.98. The predicted octanol–water partition coefficient (Wildman–Crippen LogP) is 0.708. The Kier molecular flexibility index (Phi) is 4.14. The molecule has 0 aromatic heterocycles. The third kappa shape index (κ3) is 2.95. The topological polar surface area (TPSA) is 66.5 Å². The first-order valence-corrected chi connectivity index (χ1v) is 4.55. The van der Waals surface area contributed by atoms with Crippen LogP contribution in [0.15, 0.2) is 18.2 Å². The molecule has 0 saturated heterocycles. The van der Waals surface area contributed by atoms with Gasteiger partial charge in [-0.15, -0.1) is 0 Å². The summed E-state index contributed by atoms with van der Waals surface area (Å²) in [6.07, 6.45) is -1.19. The summed E-state index contributed by atoms with van der Waals surface area (Å²) in [5.41, 5.74) is 5.30. The van der Waals surface area contributed by atoms with E-state index < -0.39 is 23.8 Å². The molecule has 0 aliphatic carbocycles. The van der Waals surface area contributed by atoms with Gasteiger partial charge in [0.05, 0.1) is 6.10 Å². The minimum absolute atomic E-state index is 0.122. The smallest absolute Gasteiger partial charge is 0.129 e. The Morgan fingerprint density at radius 3 is 2.60 bits per heavy atom. The van der Waals surface area contributed by atoms with Crippen molar-refractivity contribution >= 4 is 0 Å². The molecule has 2 unspecified atom stereocenters. The first kappa shape index (κ1) is 12.0. The zero-order valence-electron chi connectivity index (χ0n) is 8.03. The van der Waals surface area contributed by atoms with Gasteiger partial charge in [0, 0.05) is 18.2 Å². The van der Waals surface area contributed by atoms with Crippen LogP contribution in [0.5, 0.6) is 0 Å². The molecule has 0 heterocycles. The molecule has 0 amide bonds. The average molecular weight is 217 g/mol. The van der Waals surface area contributed by atoms with Crippen molar-refractivity contribution < 1.29 is 19.0 Å². The van der Waals surface area contributed by atoms with Gasteiger partial charge in [0.2, 0.25) is 0 Å². The van der Waals surface area contributed by atoms with Crippen LogP contribution in [0.1, 0.15) is 18.1 Å². The Labute approximate surface area is 86.2 Å². The molecule has 0 spiro atoms. The summed E-state index contributed by atoms with van der Waals surface area (Å²) in [7, 11) is 0. The maximum Gasteiger partial charge on any atom is 0.129 e. The average Bonchev–Trinajstić information content (AvgIpc) is 2.21. The third-order valence-electron chi connectivity index (χ3n) is 2.14. The van der Waals surface area contributed by atoms with E-state index in [1.54, 1.807) is 0 Å². The van der Waals surface area contributed by atoms with Crippen LogP contribution in [0.25, 0.3) is 0 Å². The lowest BCUT2D eigenvalue weighted by molar-refractivity contribution is 0.125. The lowest BCUT2D eigenvalue weighted by atomic mass is 10.0. The summed E-state index contributed by atoms with van der Waals surface area (Å²) in [4.78, 5) is 0. The van der Waals surface area contributed by atoms with Gasteiger partial charge in [0.25, 0.3) is 0 Å². The van der Waals surface area contributed by atoms with E-state index in [1.807, 2.05) is 0 Å². The summed E-state index contributed by atoms with van der Waals surface area (Å²) >= 11 is 0. The van der Waals surface area contributed by atoms with E-state index in [2.05, 4.69) is 0 Å². The number of rotatable bonds is 4. The van der Waals surface area contributed by atoms with Crippen LogP contribution in [-0.2, 0) is 0 Å². The molecule has 0 radical (unpaired) electrons. The van der Waals surface area contributed by atoms with E-state index in [0.29, 0.717) is 0 Å². The van der Waals surface area contributed by atoms with E-state index in [4.69, 9.17) is 10.8 Å². The third-order valence-corrected chi connectivity index (χ3v) is 2.14. The molecule has 3 nitrogen and oxygen atoms in total. The van der Waals surface area contributed by atoms with Crippen molar-refractivity contribution in [3.05, 3.63) is 35.4 Å². The van der Waals surface area contributed by atoms with Crippen molar-refractivity contribution in [2.45, 2.75) is 18.6 Å². The molecule has 0 aliphatic rings. The molecule has 5 heteroatoms. The zero-order chi connectivity index (χ0) is 11.4. The monoisotopic (exact) mass is 217 g/mol. The van der Waals surface area contributed by atoms with Crippen LogP contribution in [0.3, 0.4) is 0 Å². The van der Waals surface area contributed by atoms with Crippen LogP contribution >= 0.6 is 0 Å². The molecular formula is C10H13F2NO2. The van der Waals surface area contributed by atoms with Gasteiger partial charge in [-0.3, -0.25) is 0 Å². The highest BCUT2D eigenvalue weighted by molar-refractivity contribution is 5.22. The SMILES string of the molecule is NC(CCO)C(O)c1cc(F)ccc1F. The molecule has 0 aliphatic heterocycles. The van der Waals surface area contributed by atoms with Crippen LogP contribution < -0.4 is 5.73 Å². The molecule has 1 rings (SSSR count). The second-order valence-corrected chi connectivity index (χ2v) is 3.29. The fraction of sp³-hybridized carbons (Fsp3) is 0.400. The van der Waals surface area contributed by atoms with Crippen LogP contribution in [-0.4, -0.2) is 22.9 Å².